The molecule has 9 nitrogen and oxygen atoms in total. The van der Waals surface area contributed by atoms with Crippen molar-refractivity contribution in [3.8, 4) is 0 Å². The van der Waals surface area contributed by atoms with Crippen LogP contribution in [-0.2, 0) is 0 Å². The van der Waals surface area contributed by atoms with Gasteiger partial charge in [0.15, 0.2) is 0 Å². The molecule has 9 heteroatoms. The van der Waals surface area contributed by atoms with Crippen molar-refractivity contribution in [2.24, 2.45) is 5.73 Å². The molecular weight excluding hydrogens is 254 g/mol. The Morgan fingerprint density at radius 2 is 1.89 bits per heavy atom. The third kappa shape index (κ3) is 4.15. The van der Waals surface area contributed by atoms with E-state index < -0.39 is 16.9 Å². The summed E-state index contributed by atoms with van der Waals surface area (Å²) in [6.45, 7) is 0.278. The van der Waals surface area contributed by atoms with Gasteiger partial charge in [-0.3, -0.25) is 14.9 Å². The SMILES string of the molecule is NC(=O)NCCNC(=O)c1cc([N+](=O)[O-])ccc1N. The summed E-state index contributed by atoms with van der Waals surface area (Å²) >= 11 is 0. The number of anilines is 1. The Hall–Kier alpha value is -2.84. The van der Waals surface area contributed by atoms with Crippen LogP contribution in [-0.4, -0.2) is 30.0 Å². The zero-order valence-electron chi connectivity index (χ0n) is 9.88. The molecule has 0 aliphatic heterocycles. The van der Waals surface area contributed by atoms with Crippen molar-refractivity contribution in [2.75, 3.05) is 18.8 Å². The zero-order chi connectivity index (χ0) is 14.4. The van der Waals surface area contributed by atoms with Gasteiger partial charge in [0.05, 0.1) is 10.5 Å². The number of nitrogens with zero attached hydrogens (tertiary/aromatic N) is 1. The quantitative estimate of drug-likeness (QED) is 0.247. The van der Waals surface area contributed by atoms with E-state index in [9.17, 15) is 19.7 Å². The van der Waals surface area contributed by atoms with E-state index in [0.29, 0.717) is 0 Å². The number of carbonyl (C=O) groups is 2. The second-order valence-corrected chi connectivity index (χ2v) is 3.58. The average molecular weight is 267 g/mol. The number of nitro benzene ring substituents is 1. The Labute approximate surface area is 108 Å². The number of nitrogens with one attached hydrogen (secondary N) is 2. The molecule has 0 atom stereocenters. The topological polar surface area (TPSA) is 153 Å². The number of carbonyl (C=O) groups excluding carboxylic acids is 2. The second-order valence-electron chi connectivity index (χ2n) is 3.58. The highest BCUT2D eigenvalue weighted by Crippen LogP contribution is 2.19. The molecule has 19 heavy (non-hydrogen) atoms. The minimum absolute atomic E-state index is 0.00766. The van der Waals surface area contributed by atoms with E-state index in [0.717, 1.165) is 6.07 Å². The molecule has 0 saturated carbocycles. The van der Waals surface area contributed by atoms with Crippen LogP contribution in [0.4, 0.5) is 16.2 Å². The number of amides is 3. The van der Waals surface area contributed by atoms with Crippen LogP contribution in [0.5, 0.6) is 0 Å². The van der Waals surface area contributed by atoms with Crippen LogP contribution >= 0.6 is 0 Å². The van der Waals surface area contributed by atoms with Crippen molar-refractivity contribution in [2.45, 2.75) is 0 Å². The number of hydrogen-bond acceptors (Lipinski definition) is 5. The lowest BCUT2D eigenvalue weighted by Crippen LogP contribution is -2.37. The van der Waals surface area contributed by atoms with Crippen molar-refractivity contribution in [3.05, 3.63) is 33.9 Å². The molecule has 0 unspecified atom stereocenters. The van der Waals surface area contributed by atoms with E-state index in [2.05, 4.69) is 10.6 Å². The van der Waals surface area contributed by atoms with Crippen LogP contribution in [0.3, 0.4) is 0 Å². The molecule has 6 N–H and O–H groups in total. The predicted octanol–water partition coefficient (Wildman–Crippen LogP) is -0.425. The molecule has 0 aromatic heterocycles. The first-order valence-electron chi connectivity index (χ1n) is 5.27. The monoisotopic (exact) mass is 267 g/mol. The minimum atomic E-state index is -0.705. The summed E-state index contributed by atoms with van der Waals surface area (Å²) in [5.74, 6) is -0.563. The number of nitro groups is 1. The number of primary amides is 1. The molecule has 0 heterocycles. The van der Waals surface area contributed by atoms with Gasteiger partial charge in [0.2, 0.25) is 0 Å². The molecule has 0 saturated heterocycles. The van der Waals surface area contributed by atoms with Crippen LogP contribution in [0.2, 0.25) is 0 Å². The maximum atomic E-state index is 11.7. The summed E-state index contributed by atoms with van der Waals surface area (Å²) < 4.78 is 0. The molecule has 102 valence electrons. The molecule has 1 rings (SSSR count). The highest BCUT2D eigenvalue weighted by atomic mass is 16.6. The van der Waals surface area contributed by atoms with Crippen molar-refractivity contribution < 1.29 is 14.5 Å². The molecule has 0 aliphatic carbocycles. The standard InChI is InChI=1S/C10H13N5O4/c11-8-2-1-6(15(18)19)5-7(8)9(16)13-3-4-14-10(12)17/h1-2,5H,3-4,11H2,(H,13,16)(H3,12,14,17). The van der Waals surface area contributed by atoms with Crippen LogP contribution in [0.25, 0.3) is 0 Å². The third-order valence-corrected chi connectivity index (χ3v) is 2.20. The van der Waals surface area contributed by atoms with Crippen molar-refractivity contribution in [3.63, 3.8) is 0 Å². The lowest BCUT2D eigenvalue weighted by atomic mass is 10.1. The molecule has 0 spiro atoms. The highest BCUT2D eigenvalue weighted by molar-refractivity contribution is 5.99. The first-order chi connectivity index (χ1) is 8.91. The fourth-order valence-corrected chi connectivity index (χ4v) is 1.31. The second kappa shape index (κ2) is 6.19. The molecule has 1 aromatic rings. The average Bonchev–Trinajstić information content (AvgIpc) is 2.34. The molecule has 0 aliphatic rings. The number of nitrogens with two attached hydrogens (primary N) is 2. The number of non-ortho nitro benzene ring substituents is 1. The van der Waals surface area contributed by atoms with Gasteiger partial charge in [0.1, 0.15) is 0 Å². The maximum Gasteiger partial charge on any atom is 0.312 e. The fourth-order valence-electron chi connectivity index (χ4n) is 1.31. The molecular formula is C10H13N5O4. The zero-order valence-corrected chi connectivity index (χ0v) is 9.88. The summed E-state index contributed by atoms with van der Waals surface area (Å²) in [5, 5.41) is 15.3. The Bertz CT molecular complexity index is 517. The Morgan fingerprint density at radius 1 is 1.26 bits per heavy atom. The first-order valence-corrected chi connectivity index (χ1v) is 5.27. The largest absolute Gasteiger partial charge is 0.398 e. The van der Waals surface area contributed by atoms with E-state index in [1.165, 1.54) is 12.1 Å². The summed E-state index contributed by atoms with van der Waals surface area (Å²) in [6.07, 6.45) is 0. The van der Waals surface area contributed by atoms with Crippen molar-refractivity contribution >= 4 is 23.3 Å². The third-order valence-electron chi connectivity index (χ3n) is 2.20. The smallest absolute Gasteiger partial charge is 0.312 e. The Balaban J connectivity index is 2.68. The number of benzene rings is 1. The Morgan fingerprint density at radius 3 is 2.47 bits per heavy atom. The van der Waals surface area contributed by atoms with Gasteiger partial charge in [-0.25, -0.2) is 4.79 Å². The summed E-state index contributed by atoms with van der Waals surface area (Å²) in [5.41, 5.74) is 10.3. The summed E-state index contributed by atoms with van der Waals surface area (Å²) in [7, 11) is 0. The number of urea groups is 1. The summed E-state index contributed by atoms with van der Waals surface area (Å²) in [6, 6.07) is 2.88. The lowest BCUT2D eigenvalue weighted by molar-refractivity contribution is -0.384. The number of hydrogen-bond donors (Lipinski definition) is 4. The van der Waals surface area contributed by atoms with Crippen LogP contribution < -0.4 is 22.1 Å². The molecule has 0 bridgehead atoms. The molecule has 3 amide bonds. The van der Waals surface area contributed by atoms with E-state index >= 15 is 0 Å². The van der Waals surface area contributed by atoms with Gasteiger partial charge in [0, 0.05) is 30.9 Å². The number of rotatable bonds is 5. The van der Waals surface area contributed by atoms with E-state index in [1.807, 2.05) is 0 Å². The van der Waals surface area contributed by atoms with E-state index in [-0.39, 0.29) is 30.0 Å². The van der Waals surface area contributed by atoms with Crippen LogP contribution in [0.1, 0.15) is 10.4 Å². The van der Waals surface area contributed by atoms with Crippen LogP contribution in [0, 0.1) is 10.1 Å². The highest BCUT2D eigenvalue weighted by Gasteiger charge is 2.14. The maximum absolute atomic E-state index is 11.7. The predicted molar refractivity (Wildman–Crippen MR) is 67.4 cm³/mol. The van der Waals surface area contributed by atoms with Crippen LogP contribution in [0.15, 0.2) is 18.2 Å². The van der Waals surface area contributed by atoms with E-state index in [4.69, 9.17) is 11.5 Å². The van der Waals surface area contributed by atoms with Gasteiger partial charge in [-0.2, -0.15) is 0 Å². The van der Waals surface area contributed by atoms with E-state index in [1.54, 1.807) is 0 Å². The van der Waals surface area contributed by atoms with Crippen molar-refractivity contribution in [1.82, 2.24) is 10.6 Å². The normalized spacial score (nSPS) is 9.68. The van der Waals surface area contributed by atoms with Gasteiger partial charge >= 0.3 is 6.03 Å². The summed E-state index contributed by atoms with van der Waals surface area (Å²) in [4.78, 5) is 32.1. The molecule has 0 radical (unpaired) electrons. The van der Waals surface area contributed by atoms with Gasteiger partial charge in [-0.1, -0.05) is 0 Å². The minimum Gasteiger partial charge on any atom is -0.398 e. The van der Waals surface area contributed by atoms with Crippen molar-refractivity contribution in [1.29, 1.82) is 0 Å². The van der Waals surface area contributed by atoms with Gasteiger partial charge in [-0.05, 0) is 6.07 Å². The Kier molecular flexibility index (Phi) is 4.63. The number of nitrogen functional groups attached to an aromatic ring is 1. The van der Waals surface area contributed by atoms with Gasteiger partial charge < -0.3 is 22.1 Å². The van der Waals surface area contributed by atoms with Gasteiger partial charge in [-0.15, -0.1) is 0 Å². The lowest BCUT2D eigenvalue weighted by Gasteiger charge is -2.07. The van der Waals surface area contributed by atoms with Gasteiger partial charge in [0.25, 0.3) is 11.6 Å². The molecule has 1 aromatic carbocycles. The molecule has 0 fully saturated rings. The fraction of sp³-hybridized carbons (Fsp3) is 0.200. The first kappa shape index (κ1) is 14.2.